The molecule has 0 bridgehead atoms. The van der Waals surface area contributed by atoms with Gasteiger partial charge in [0.1, 0.15) is 5.01 Å². The third kappa shape index (κ3) is 3.62. The Balaban J connectivity index is 1.67. The van der Waals surface area contributed by atoms with Crippen LogP contribution in [0.5, 0.6) is 11.5 Å². The van der Waals surface area contributed by atoms with Crippen LogP contribution in [-0.2, 0) is 11.2 Å². The quantitative estimate of drug-likeness (QED) is 0.873. The molecule has 1 N–H and O–H groups in total. The predicted molar refractivity (Wildman–Crippen MR) is 88.9 cm³/mol. The van der Waals surface area contributed by atoms with Gasteiger partial charge in [-0.25, -0.2) is 4.98 Å². The first kappa shape index (κ1) is 15.8. The fourth-order valence-corrected chi connectivity index (χ4v) is 3.06. The van der Waals surface area contributed by atoms with Gasteiger partial charge >= 0.3 is 0 Å². The SMILES string of the molecule is CNCCN(C)C(=O)Cc1csc(-c2ccc3c(c2)OCO3)n1. The molecule has 7 heteroatoms. The van der Waals surface area contributed by atoms with E-state index in [-0.39, 0.29) is 12.7 Å². The molecule has 0 saturated carbocycles. The van der Waals surface area contributed by atoms with Crippen LogP contribution >= 0.6 is 11.3 Å². The number of nitrogens with one attached hydrogen (secondary N) is 1. The zero-order valence-electron chi connectivity index (χ0n) is 13.2. The van der Waals surface area contributed by atoms with E-state index in [2.05, 4.69) is 10.3 Å². The Hall–Kier alpha value is -2.12. The summed E-state index contributed by atoms with van der Waals surface area (Å²) in [6.45, 7) is 1.73. The molecule has 2 heterocycles. The number of carbonyl (C=O) groups is 1. The number of thiazole rings is 1. The third-order valence-electron chi connectivity index (χ3n) is 3.63. The first-order chi connectivity index (χ1) is 11.2. The molecule has 0 aliphatic carbocycles. The number of amides is 1. The summed E-state index contributed by atoms with van der Waals surface area (Å²) in [5, 5.41) is 5.85. The van der Waals surface area contributed by atoms with Crippen molar-refractivity contribution < 1.29 is 14.3 Å². The highest BCUT2D eigenvalue weighted by Crippen LogP contribution is 2.36. The maximum atomic E-state index is 12.1. The number of aromatic nitrogens is 1. The lowest BCUT2D eigenvalue weighted by atomic mass is 10.2. The number of hydrogen-bond donors (Lipinski definition) is 1. The van der Waals surface area contributed by atoms with Crippen LogP contribution in [0.1, 0.15) is 5.69 Å². The van der Waals surface area contributed by atoms with Gasteiger partial charge in [0.2, 0.25) is 12.7 Å². The van der Waals surface area contributed by atoms with Crippen LogP contribution in [0.3, 0.4) is 0 Å². The summed E-state index contributed by atoms with van der Waals surface area (Å²) in [5.74, 6) is 1.57. The van der Waals surface area contributed by atoms with Crippen LogP contribution < -0.4 is 14.8 Å². The molecule has 1 aromatic heterocycles. The summed E-state index contributed by atoms with van der Waals surface area (Å²) in [7, 11) is 3.68. The van der Waals surface area contributed by atoms with E-state index < -0.39 is 0 Å². The second-order valence-electron chi connectivity index (χ2n) is 5.31. The lowest BCUT2D eigenvalue weighted by Crippen LogP contribution is -2.33. The van der Waals surface area contributed by atoms with Gasteiger partial charge in [0, 0.05) is 31.1 Å². The van der Waals surface area contributed by atoms with Crippen LogP contribution in [0.15, 0.2) is 23.6 Å². The summed E-state index contributed by atoms with van der Waals surface area (Å²) >= 11 is 1.53. The molecule has 1 aromatic carbocycles. The Morgan fingerprint density at radius 2 is 2.22 bits per heavy atom. The van der Waals surface area contributed by atoms with E-state index in [1.807, 2.05) is 37.7 Å². The van der Waals surface area contributed by atoms with Crippen molar-refractivity contribution in [2.45, 2.75) is 6.42 Å². The van der Waals surface area contributed by atoms with Crippen molar-refractivity contribution in [1.82, 2.24) is 15.2 Å². The number of likely N-dealkylation sites (N-methyl/N-ethyl adjacent to an activating group) is 2. The average molecular weight is 333 g/mol. The molecule has 6 nitrogen and oxygen atoms in total. The van der Waals surface area contributed by atoms with Crippen molar-refractivity contribution in [3.05, 3.63) is 29.3 Å². The molecule has 0 spiro atoms. The standard InChI is InChI=1S/C16H19N3O3S/c1-17-5-6-19(2)15(20)8-12-9-23-16(18-12)11-3-4-13-14(7-11)22-10-21-13/h3-4,7,9,17H,5-6,8,10H2,1-2H3. The van der Waals surface area contributed by atoms with Crippen molar-refractivity contribution in [3.8, 4) is 22.1 Å². The molecule has 122 valence electrons. The van der Waals surface area contributed by atoms with E-state index in [9.17, 15) is 4.79 Å². The largest absolute Gasteiger partial charge is 0.454 e. The Labute approximate surface area is 139 Å². The molecule has 23 heavy (non-hydrogen) atoms. The molecule has 0 radical (unpaired) electrons. The van der Waals surface area contributed by atoms with E-state index in [1.165, 1.54) is 11.3 Å². The topological polar surface area (TPSA) is 63.7 Å². The first-order valence-electron chi connectivity index (χ1n) is 7.40. The summed E-state index contributed by atoms with van der Waals surface area (Å²) in [6, 6.07) is 5.76. The number of carbonyl (C=O) groups excluding carboxylic acids is 1. The van der Waals surface area contributed by atoms with Crippen molar-refractivity contribution in [1.29, 1.82) is 0 Å². The normalized spacial score (nSPS) is 12.4. The highest BCUT2D eigenvalue weighted by atomic mass is 32.1. The van der Waals surface area contributed by atoms with Crippen LogP contribution in [-0.4, -0.2) is 49.8 Å². The first-order valence-corrected chi connectivity index (χ1v) is 8.28. The summed E-state index contributed by atoms with van der Waals surface area (Å²) in [5.41, 5.74) is 1.77. The smallest absolute Gasteiger partial charge is 0.231 e. The Bertz CT molecular complexity index is 702. The third-order valence-corrected chi connectivity index (χ3v) is 4.57. The Morgan fingerprint density at radius 3 is 3.04 bits per heavy atom. The van der Waals surface area contributed by atoms with Crippen molar-refractivity contribution in [2.75, 3.05) is 34.0 Å². The molecule has 1 aliphatic rings. The zero-order chi connectivity index (χ0) is 16.2. The number of ether oxygens (including phenoxy) is 2. The zero-order valence-corrected chi connectivity index (χ0v) is 14.0. The molecular weight excluding hydrogens is 314 g/mol. The van der Waals surface area contributed by atoms with Crippen LogP contribution in [0.2, 0.25) is 0 Å². The van der Waals surface area contributed by atoms with E-state index in [0.29, 0.717) is 13.0 Å². The van der Waals surface area contributed by atoms with Gasteiger partial charge in [-0.2, -0.15) is 0 Å². The fourth-order valence-electron chi connectivity index (χ4n) is 2.24. The molecule has 0 fully saturated rings. The molecule has 1 aliphatic heterocycles. The summed E-state index contributed by atoms with van der Waals surface area (Å²) in [4.78, 5) is 18.4. The lowest BCUT2D eigenvalue weighted by Gasteiger charge is -2.16. The van der Waals surface area contributed by atoms with Gasteiger partial charge in [-0.3, -0.25) is 4.79 Å². The number of fused-ring (bicyclic) bond motifs is 1. The van der Waals surface area contributed by atoms with Crippen LogP contribution in [0.4, 0.5) is 0 Å². The number of benzene rings is 1. The van der Waals surface area contributed by atoms with Gasteiger partial charge in [0.05, 0.1) is 12.1 Å². The second-order valence-corrected chi connectivity index (χ2v) is 6.17. The highest BCUT2D eigenvalue weighted by Gasteiger charge is 2.16. The molecule has 2 aromatic rings. The summed E-state index contributed by atoms with van der Waals surface area (Å²) < 4.78 is 10.7. The van der Waals surface area contributed by atoms with Crippen LogP contribution in [0, 0.1) is 0 Å². The maximum absolute atomic E-state index is 12.1. The molecule has 0 atom stereocenters. The number of hydrogen-bond acceptors (Lipinski definition) is 6. The molecule has 0 saturated heterocycles. The molecule has 1 amide bonds. The summed E-state index contributed by atoms with van der Waals surface area (Å²) in [6.07, 6.45) is 0.321. The van der Waals surface area contributed by atoms with Gasteiger partial charge in [-0.05, 0) is 25.2 Å². The van der Waals surface area contributed by atoms with Crippen molar-refractivity contribution in [3.63, 3.8) is 0 Å². The Kier molecular flexibility index (Phi) is 4.78. The molecule has 0 unspecified atom stereocenters. The minimum absolute atomic E-state index is 0.0720. The predicted octanol–water partition coefficient (Wildman–Crippen LogP) is 1.76. The van der Waals surface area contributed by atoms with E-state index >= 15 is 0 Å². The van der Waals surface area contributed by atoms with Gasteiger partial charge in [-0.15, -0.1) is 11.3 Å². The second kappa shape index (κ2) is 6.97. The minimum Gasteiger partial charge on any atom is -0.454 e. The number of nitrogens with zero attached hydrogens (tertiary/aromatic N) is 2. The van der Waals surface area contributed by atoms with E-state index in [1.54, 1.807) is 4.90 Å². The van der Waals surface area contributed by atoms with E-state index in [0.717, 1.165) is 34.3 Å². The Morgan fingerprint density at radius 1 is 1.39 bits per heavy atom. The molecule has 3 rings (SSSR count). The fraction of sp³-hybridized carbons (Fsp3) is 0.375. The number of rotatable bonds is 6. The van der Waals surface area contributed by atoms with E-state index in [4.69, 9.17) is 9.47 Å². The average Bonchev–Trinajstić information content (AvgIpc) is 3.20. The monoisotopic (exact) mass is 333 g/mol. The van der Waals surface area contributed by atoms with Crippen molar-refractivity contribution in [2.24, 2.45) is 0 Å². The van der Waals surface area contributed by atoms with Gasteiger partial charge in [0.25, 0.3) is 0 Å². The van der Waals surface area contributed by atoms with Crippen LogP contribution in [0.25, 0.3) is 10.6 Å². The maximum Gasteiger partial charge on any atom is 0.231 e. The van der Waals surface area contributed by atoms with Gasteiger partial charge < -0.3 is 19.7 Å². The molecular formula is C16H19N3O3S. The van der Waals surface area contributed by atoms with Gasteiger partial charge in [-0.1, -0.05) is 0 Å². The lowest BCUT2D eigenvalue weighted by molar-refractivity contribution is -0.129. The van der Waals surface area contributed by atoms with Gasteiger partial charge in [0.15, 0.2) is 11.5 Å². The highest BCUT2D eigenvalue weighted by molar-refractivity contribution is 7.13. The van der Waals surface area contributed by atoms with Crippen molar-refractivity contribution >= 4 is 17.2 Å². The minimum atomic E-state index is 0.0720.